The Morgan fingerprint density at radius 1 is 1.57 bits per heavy atom. The number of aliphatic hydroxyl groups excluding tert-OH is 1. The molecule has 1 heterocycles. The number of carbonyl (C=O) groups is 1. The molecule has 1 fully saturated rings. The standard InChI is InChI=1S/C10H19NO3/c1-7-5-11(8(7)6-12)9(13)14-10(2,3)4/h7-8,12H,5-6H2,1-4H3/t7-,8-/m1/s1. The molecular weight excluding hydrogens is 182 g/mol. The fourth-order valence-corrected chi connectivity index (χ4v) is 1.55. The van der Waals surface area contributed by atoms with Gasteiger partial charge in [0.25, 0.3) is 0 Å². The van der Waals surface area contributed by atoms with Gasteiger partial charge in [0.1, 0.15) is 5.60 Å². The minimum absolute atomic E-state index is 0.0143. The van der Waals surface area contributed by atoms with Crippen LogP contribution in [0.15, 0.2) is 0 Å². The van der Waals surface area contributed by atoms with E-state index < -0.39 is 5.60 Å². The number of nitrogens with zero attached hydrogens (tertiary/aromatic N) is 1. The van der Waals surface area contributed by atoms with Gasteiger partial charge in [0.05, 0.1) is 12.6 Å². The maximum atomic E-state index is 11.5. The van der Waals surface area contributed by atoms with Gasteiger partial charge in [0, 0.05) is 6.54 Å². The first-order chi connectivity index (χ1) is 6.35. The topological polar surface area (TPSA) is 49.8 Å². The summed E-state index contributed by atoms with van der Waals surface area (Å²) in [5.41, 5.74) is -0.462. The van der Waals surface area contributed by atoms with Gasteiger partial charge < -0.3 is 14.7 Å². The molecule has 1 amide bonds. The van der Waals surface area contributed by atoms with Crippen LogP contribution in [0.4, 0.5) is 4.79 Å². The minimum atomic E-state index is -0.462. The number of hydrogen-bond donors (Lipinski definition) is 1. The van der Waals surface area contributed by atoms with E-state index in [0.29, 0.717) is 12.5 Å². The van der Waals surface area contributed by atoms with Crippen LogP contribution in [0.25, 0.3) is 0 Å². The Morgan fingerprint density at radius 3 is 2.50 bits per heavy atom. The lowest BCUT2D eigenvalue weighted by Gasteiger charge is -2.45. The SMILES string of the molecule is C[C@@H]1CN(C(=O)OC(C)(C)C)[C@@H]1CO. The third kappa shape index (κ3) is 2.38. The molecule has 82 valence electrons. The molecule has 0 spiro atoms. The first-order valence-electron chi connectivity index (χ1n) is 4.95. The van der Waals surface area contributed by atoms with Crippen LogP contribution in [0.2, 0.25) is 0 Å². The fraction of sp³-hybridized carbons (Fsp3) is 0.900. The number of hydrogen-bond acceptors (Lipinski definition) is 3. The van der Waals surface area contributed by atoms with E-state index in [-0.39, 0.29) is 18.7 Å². The maximum Gasteiger partial charge on any atom is 0.410 e. The number of aliphatic hydroxyl groups is 1. The molecule has 0 aromatic heterocycles. The Kier molecular flexibility index (Phi) is 3.04. The van der Waals surface area contributed by atoms with E-state index in [0.717, 1.165) is 0 Å². The number of rotatable bonds is 1. The zero-order valence-electron chi connectivity index (χ0n) is 9.28. The predicted octanol–water partition coefficient (Wildman–Crippen LogP) is 1.23. The third-order valence-electron chi connectivity index (χ3n) is 2.36. The van der Waals surface area contributed by atoms with Crippen molar-refractivity contribution in [3.8, 4) is 0 Å². The zero-order chi connectivity index (χ0) is 10.9. The number of ether oxygens (including phenoxy) is 1. The Hall–Kier alpha value is -0.770. The second kappa shape index (κ2) is 3.77. The van der Waals surface area contributed by atoms with Crippen LogP contribution in [-0.2, 0) is 4.74 Å². The van der Waals surface area contributed by atoms with Crippen molar-refractivity contribution in [1.29, 1.82) is 0 Å². The van der Waals surface area contributed by atoms with Gasteiger partial charge in [0.2, 0.25) is 0 Å². The second-order valence-corrected chi connectivity index (χ2v) is 4.86. The number of likely N-dealkylation sites (tertiary alicyclic amines) is 1. The first kappa shape index (κ1) is 11.3. The van der Waals surface area contributed by atoms with Crippen molar-refractivity contribution in [3.05, 3.63) is 0 Å². The van der Waals surface area contributed by atoms with Crippen LogP contribution < -0.4 is 0 Å². The van der Waals surface area contributed by atoms with Crippen LogP contribution in [0, 0.1) is 5.92 Å². The predicted molar refractivity (Wildman–Crippen MR) is 53.0 cm³/mol. The van der Waals surface area contributed by atoms with Gasteiger partial charge in [-0.05, 0) is 26.7 Å². The van der Waals surface area contributed by atoms with E-state index in [4.69, 9.17) is 9.84 Å². The van der Waals surface area contributed by atoms with E-state index in [9.17, 15) is 4.79 Å². The Morgan fingerprint density at radius 2 is 2.14 bits per heavy atom. The van der Waals surface area contributed by atoms with Gasteiger partial charge in [-0.25, -0.2) is 4.79 Å². The first-order valence-corrected chi connectivity index (χ1v) is 4.95. The van der Waals surface area contributed by atoms with Crippen LogP contribution in [-0.4, -0.2) is 40.9 Å². The largest absolute Gasteiger partial charge is 0.444 e. The molecule has 14 heavy (non-hydrogen) atoms. The molecule has 0 unspecified atom stereocenters. The van der Waals surface area contributed by atoms with E-state index in [1.54, 1.807) is 4.90 Å². The van der Waals surface area contributed by atoms with Crippen LogP contribution in [0.3, 0.4) is 0 Å². The van der Waals surface area contributed by atoms with Gasteiger partial charge in [-0.2, -0.15) is 0 Å². The van der Waals surface area contributed by atoms with Crippen LogP contribution in [0.1, 0.15) is 27.7 Å². The molecule has 0 aliphatic carbocycles. The molecule has 0 aromatic carbocycles. The normalized spacial score (nSPS) is 27.1. The van der Waals surface area contributed by atoms with Crippen molar-refractivity contribution in [2.45, 2.75) is 39.3 Å². The van der Waals surface area contributed by atoms with Crippen molar-refractivity contribution in [2.24, 2.45) is 5.92 Å². The van der Waals surface area contributed by atoms with Crippen molar-refractivity contribution in [1.82, 2.24) is 4.90 Å². The van der Waals surface area contributed by atoms with Crippen LogP contribution >= 0.6 is 0 Å². The number of amides is 1. The Labute approximate surface area is 84.8 Å². The molecule has 4 heteroatoms. The van der Waals surface area contributed by atoms with Gasteiger partial charge in [-0.1, -0.05) is 6.92 Å². The molecule has 4 nitrogen and oxygen atoms in total. The molecule has 1 rings (SSSR count). The van der Waals surface area contributed by atoms with E-state index in [1.165, 1.54) is 0 Å². The summed E-state index contributed by atoms with van der Waals surface area (Å²) in [5.74, 6) is 0.368. The quantitative estimate of drug-likeness (QED) is 0.694. The average Bonchev–Trinajstić information content (AvgIpc) is 1.97. The minimum Gasteiger partial charge on any atom is -0.444 e. The summed E-state index contributed by atoms with van der Waals surface area (Å²) in [5, 5.41) is 9.02. The van der Waals surface area contributed by atoms with Gasteiger partial charge >= 0.3 is 6.09 Å². The molecule has 1 saturated heterocycles. The summed E-state index contributed by atoms with van der Waals surface area (Å²) >= 11 is 0. The highest BCUT2D eigenvalue weighted by atomic mass is 16.6. The summed E-state index contributed by atoms with van der Waals surface area (Å²) in [6.07, 6.45) is -0.324. The van der Waals surface area contributed by atoms with E-state index >= 15 is 0 Å². The summed E-state index contributed by atoms with van der Waals surface area (Å²) in [7, 11) is 0. The summed E-state index contributed by atoms with van der Waals surface area (Å²) in [4.78, 5) is 13.1. The second-order valence-electron chi connectivity index (χ2n) is 4.86. The highest BCUT2D eigenvalue weighted by Gasteiger charge is 2.40. The maximum absolute atomic E-state index is 11.5. The summed E-state index contributed by atoms with van der Waals surface area (Å²) in [6, 6.07) is -0.0650. The molecule has 1 N–H and O–H groups in total. The van der Waals surface area contributed by atoms with Gasteiger partial charge in [-0.15, -0.1) is 0 Å². The van der Waals surface area contributed by atoms with E-state index in [2.05, 4.69) is 0 Å². The molecule has 0 bridgehead atoms. The lowest BCUT2D eigenvalue weighted by molar-refractivity contribution is -0.0409. The summed E-state index contributed by atoms with van der Waals surface area (Å²) < 4.78 is 5.20. The Balaban J connectivity index is 2.47. The summed E-state index contributed by atoms with van der Waals surface area (Å²) in [6.45, 7) is 8.22. The molecule has 1 aliphatic heterocycles. The molecule has 1 aliphatic rings. The van der Waals surface area contributed by atoms with Crippen molar-refractivity contribution in [2.75, 3.05) is 13.2 Å². The van der Waals surface area contributed by atoms with Crippen molar-refractivity contribution >= 4 is 6.09 Å². The third-order valence-corrected chi connectivity index (χ3v) is 2.36. The number of carbonyl (C=O) groups excluding carboxylic acids is 1. The molecular formula is C10H19NO3. The van der Waals surface area contributed by atoms with Crippen molar-refractivity contribution < 1.29 is 14.6 Å². The van der Waals surface area contributed by atoms with Gasteiger partial charge in [0.15, 0.2) is 0 Å². The molecule has 0 saturated carbocycles. The highest BCUT2D eigenvalue weighted by Crippen LogP contribution is 2.25. The lowest BCUT2D eigenvalue weighted by atomic mass is 9.92. The van der Waals surface area contributed by atoms with Gasteiger partial charge in [-0.3, -0.25) is 0 Å². The van der Waals surface area contributed by atoms with E-state index in [1.807, 2.05) is 27.7 Å². The molecule has 2 atom stereocenters. The molecule has 0 radical (unpaired) electrons. The lowest BCUT2D eigenvalue weighted by Crippen LogP contribution is -2.60. The zero-order valence-corrected chi connectivity index (χ0v) is 9.28. The molecule has 0 aromatic rings. The monoisotopic (exact) mass is 201 g/mol. The highest BCUT2D eigenvalue weighted by molar-refractivity contribution is 5.69. The van der Waals surface area contributed by atoms with Crippen LogP contribution in [0.5, 0.6) is 0 Å². The Bertz CT molecular complexity index is 222. The smallest absolute Gasteiger partial charge is 0.410 e. The average molecular weight is 201 g/mol. The fourth-order valence-electron chi connectivity index (χ4n) is 1.55. The van der Waals surface area contributed by atoms with Crippen molar-refractivity contribution in [3.63, 3.8) is 0 Å².